The number of thiazole rings is 1. The van der Waals surface area contributed by atoms with Crippen molar-refractivity contribution < 1.29 is 27.1 Å². The predicted molar refractivity (Wildman–Crippen MR) is 166 cm³/mol. The van der Waals surface area contributed by atoms with Crippen molar-refractivity contribution in [1.82, 2.24) is 9.88 Å². The first-order valence-electron chi connectivity index (χ1n) is 13.3. The summed E-state index contributed by atoms with van der Waals surface area (Å²) < 4.78 is 47.2. The third kappa shape index (κ3) is 5.96. The summed E-state index contributed by atoms with van der Waals surface area (Å²) in [5, 5.41) is 4.44. The number of thiophene rings is 1. The van der Waals surface area contributed by atoms with Crippen molar-refractivity contribution in [2.75, 3.05) is 23.2 Å². The normalized spacial score (nSPS) is 13.0. The molecule has 1 aliphatic heterocycles. The van der Waals surface area contributed by atoms with Crippen molar-refractivity contribution in [2.24, 2.45) is 0 Å². The SMILES string of the molecule is CCOC(=O)N1CCc2c(sc(NC(=O)c3ccc(NS(=O)(=O)c4ccc(F)cc4)cc3)c2-c2nc3ccccc3s2)C1. The molecule has 0 saturated heterocycles. The van der Waals surface area contributed by atoms with Crippen LogP contribution in [0.4, 0.5) is 19.9 Å². The molecule has 1 aliphatic rings. The van der Waals surface area contributed by atoms with Crippen molar-refractivity contribution >= 4 is 65.6 Å². The Morgan fingerprint density at radius 1 is 1.02 bits per heavy atom. The highest BCUT2D eigenvalue weighted by molar-refractivity contribution is 7.92. The van der Waals surface area contributed by atoms with Crippen molar-refractivity contribution in [3.63, 3.8) is 0 Å². The van der Waals surface area contributed by atoms with Gasteiger partial charge in [0.2, 0.25) is 0 Å². The van der Waals surface area contributed by atoms with Gasteiger partial charge in [-0.25, -0.2) is 22.6 Å². The molecule has 2 aromatic heterocycles. The number of amides is 2. The molecule has 0 unspecified atom stereocenters. The minimum Gasteiger partial charge on any atom is -0.450 e. The van der Waals surface area contributed by atoms with Gasteiger partial charge in [0.25, 0.3) is 15.9 Å². The zero-order valence-corrected chi connectivity index (χ0v) is 25.2. The zero-order chi connectivity index (χ0) is 30.1. The summed E-state index contributed by atoms with van der Waals surface area (Å²) in [6, 6.07) is 18.3. The average Bonchev–Trinajstić information content (AvgIpc) is 3.58. The largest absolute Gasteiger partial charge is 0.450 e. The van der Waals surface area contributed by atoms with E-state index in [4.69, 9.17) is 9.72 Å². The molecular weight excluding hydrogens is 612 g/mol. The fraction of sp³-hybridized carbons (Fsp3) is 0.167. The van der Waals surface area contributed by atoms with Crippen LogP contribution in [-0.2, 0) is 27.7 Å². The number of nitrogens with one attached hydrogen (secondary N) is 2. The van der Waals surface area contributed by atoms with Crippen LogP contribution in [0.25, 0.3) is 20.8 Å². The number of aromatic nitrogens is 1. The molecule has 0 bridgehead atoms. The first-order valence-corrected chi connectivity index (χ1v) is 16.5. The number of benzene rings is 3. The van der Waals surface area contributed by atoms with Crippen LogP contribution in [0, 0.1) is 5.82 Å². The van der Waals surface area contributed by atoms with Gasteiger partial charge >= 0.3 is 6.09 Å². The minimum atomic E-state index is -3.93. The van der Waals surface area contributed by atoms with Crippen molar-refractivity contribution in [3.8, 4) is 10.6 Å². The standard InChI is InChI=1S/C30H25FN4O5S3/c1-2-40-30(37)35-16-15-22-25(17-35)42-29(26(22)28-32-23-5-3-4-6-24(23)41-28)33-27(36)18-7-11-20(12-8-18)34-43(38,39)21-13-9-19(31)10-14-21/h3-14,34H,2,15-17H2,1H3,(H,33,36). The zero-order valence-electron chi connectivity index (χ0n) is 22.8. The average molecular weight is 637 g/mol. The van der Waals surface area contributed by atoms with Gasteiger partial charge in [-0.1, -0.05) is 12.1 Å². The lowest BCUT2D eigenvalue weighted by Crippen LogP contribution is -2.35. The van der Waals surface area contributed by atoms with Gasteiger partial charge in [0.05, 0.1) is 28.3 Å². The van der Waals surface area contributed by atoms with Gasteiger partial charge in [-0.05, 0) is 79.6 Å². The topological polar surface area (TPSA) is 118 Å². The fourth-order valence-electron chi connectivity index (χ4n) is 4.76. The summed E-state index contributed by atoms with van der Waals surface area (Å²) in [6.45, 7) is 2.92. The van der Waals surface area contributed by atoms with Crippen molar-refractivity contribution in [3.05, 3.63) is 94.6 Å². The highest BCUT2D eigenvalue weighted by Crippen LogP contribution is 2.46. The Morgan fingerprint density at radius 2 is 1.77 bits per heavy atom. The summed E-state index contributed by atoms with van der Waals surface area (Å²) >= 11 is 2.94. The van der Waals surface area contributed by atoms with Gasteiger partial charge in [-0.2, -0.15) is 0 Å². The van der Waals surface area contributed by atoms with Gasteiger partial charge in [-0.3, -0.25) is 9.52 Å². The van der Waals surface area contributed by atoms with Crippen LogP contribution in [0.15, 0.2) is 77.7 Å². The van der Waals surface area contributed by atoms with E-state index in [1.54, 1.807) is 11.8 Å². The maximum absolute atomic E-state index is 13.4. The smallest absolute Gasteiger partial charge is 0.410 e. The van der Waals surface area contributed by atoms with Gasteiger partial charge in [0.1, 0.15) is 15.8 Å². The van der Waals surface area contributed by atoms with E-state index in [1.807, 2.05) is 24.3 Å². The number of rotatable bonds is 7. The van der Waals surface area contributed by atoms with E-state index in [2.05, 4.69) is 10.0 Å². The Hall–Kier alpha value is -4.33. The second kappa shape index (κ2) is 11.7. The maximum atomic E-state index is 13.4. The summed E-state index contributed by atoms with van der Waals surface area (Å²) in [6.07, 6.45) is 0.220. The molecule has 13 heteroatoms. The molecule has 0 saturated carbocycles. The third-order valence-corrected chi connectivity index (χ3v) is 10.4. The lowest BCUT2D eigenvalue weighted by Gasteiger charge is -2.26. The molecule has 3 heterocycles. The van der Waals surface area contributed by atoms with E-state index < -0.39 is 15.8 Å². The number of para-hydroxylation sites is 1. The minimum absolute atomic E-state index is 0.0821. The van der Waals surface area contributed by atoms with Crippen molar-refractivity contribution in [2.45, 2.75) is 24.8 Å². The molecule has 220 valence electrons. The fourth-order valence-corrected chi connectivity index (χ4v) is 8.19. The molecule has 3 aromatic carbocycles. The second-order valence-electron chi connectivity index (χ2n) is 9.66. The molecule has 0 spiro atoms. The van der Waals surface area contributed by atoms with E-state index in [9.17, 15) is 22.4 Å². The molecule has 6 rings (SSSR count). The molecule has 0 atom stereocenters. The van der Waals surface area contributed by atoms with Crippen LogP contribution in [0.2, 0.25) is 0 Å². The number of carbonyl (C=O) groups is 2. The van der Waals surface area contributed by atoms with E-state index in [1.165, 1.54) is 59.1 Å². The lowest BCUT2D eigenvalue weighted by molar-refractivity contribution is 0.102. The molecule has 0 aliphatic carbocycles. The summed E-state index contributed by atoms with van der Waals surface area (Å²) in [7, 11) is -3.93. The molecule has 0 fully saturated rings. The Balaban J connectivity index is 1.27. The summed E-state index contributed by atoms with van der Waals surface area (Å²) in [5.74, 6) is -0.917. The molecule has 5 aromatic rings. The molecule has 9 nitrogen and oxygen atoms in total. The van der Waals surface area contributed by atoms with Crippen LogP contribution in [0.5, 0.6) is 0 Å². The van der Waals surface area contributed by atoms with Gasteiger partial charge in [0.15, 0.2) is 0 Å². The van der Waals surface area contributed by atoms with E-state index in [-0.39, 0.29) is 29.2 Å². The predicted octanol–water partition coefficient (Wildman–Crippen LogP) is 6.73. The molecular formula is C30H25FN4O5S3. The Morgan fingerprint density at radius 3 is 2.49 bits per heavy atom. The van der Waals surface area contributed by atoms with Crippen LogP contribution in [0.1, 0.15) is 27.7 Å². The third-order valence-electron chi connectivity index (χ3n) is 6.84. The van der Waals surface area contributed by atoms with Gasteiger partial charge < -0.3 is 15.0 Å². The number of hydrogen-bond donors (Lipinski definition) is 2. The van der Waals surface area contributed by atoms with Gasteiger partial charge in [-0.15, -0.1) is 22.7 Å². The molecule has 43 heavy (non-hydrogen) atoms. The highest BCUT2D eigenvalue weighted by Gasteiger charge is 2.30. The Bertz CT molecular complexity index is 1900. The number of sulfonamides is 1. The number of carbonyl (C=O) groups excluding carboxylic acids is 2. The number of anilines is 2. The van der Waals surface area contributed by atoms with E-state index in [0.29, 0.717) is 30.1 Å². The summed E-state index contributed by atoms with van der Waals surface area (Å²) in [5.41, 5.74) is 3.33. The molecule has 2 amide bonds. The first kappa shape index (κ1) is 28.8. The number of fused-ring (bicyclic) bond motifs is 2. The van der Waals surface area contributed by atoms with Crippen molar-refractivity contribution in [1.29, 1.82) is 0 Å². The quantitative estimate of drug-likeness (QED) is 0.205. The Labute approximate surface area is 255 Å². The van der Waals surface area contributed by atoms with Gasteiger partial charge in [0, 0.05) is 28.2 Å². The van der Waals surface area contributed by atoms with E-state index >= 15 is 0 Å². The lowest BCUT2D eigenvalue weighted by atomic mass is 10.0. The van der Waals surface area contributed by atoms with Crippen LogP contribution < -0.4 is 10.0 Å². The van der Waals surface area contributed by atoms with Crippen LogP contribution >= 0.6 is 22.7 Å². The maximum Gasteiger partial charge on any atom is 0.410 e. The molecule has 2 N–H and O–H groups in total. The second-order valence-corrected chi connectivity index (χ2v) is 13.5. The number of nitrogens with zero attached hydrogens (tertiary/aromatic N) is 2. The first-order chi connectivity index (χ1) is 20.7. The monoisotopic (exact) mass is 636 g/mol. The van der Waals surface area contributed by atoms with Crippen LogP contribution in [0.3, 0.4) is 0 Å². The van der Waals surface area contributed by atoms with Crippen LogP contribution in [-0.4, -0.2) is 43.5 Å². The highest BCUT2D eigenvalue weighted by atomic mass is 32.2. The number of halogens is 1. The van der Waals surface area contributed by atoms with E-state index in [0.717, 1.165) is 43.4 Å². The Kier molecular flexibility index (Phi) is 7.86. The number of hydrogen-bond acceptors (Lipinski definition) is 8. The summed E-state index contributed by atoms with van der Waals surface area (Å²) in [4.78, 5) is 33.2. The number of ether oxygens (including phenoxy) is 1. The molecule has 0 radical (unpaired) electrons.